The van der Waals surface area contributed by atoms with Crippen LogP contribution in [0.4, 0.5) is 0 Å². The molecule has 19 heavy (non-hydrogen) atoms. The maximum absolute atomic E-state index is 5.80. The van der Waals surface area contributed by atoms with Gasteiger partial charge in [0.2, 0.25) is 0 Å². The summed E-state index contributed by atoms with van der Waals surface area (Å²) in [5.74, 6) is 0. The lowest BCUT2D eigenvalue weighted by Crippen LogP contribution is -1.78. The molecule has 0 N–H and O–H groups in total. The van der Waals surface area contributed by atoms with Gasteiger partial charge in [-0.3, -0.25) is 4.98 Å². The molecule has 0 saturated heterocycles. The van der Waals surface area contributed by atoms with Crippen molar-refractivity contribution in [2.24, 2.45) is 0 Å². The van der Waals surface area contributed by atoms with Crippen molar-refractivity contribution in [2.45, 2.75) is 0 Å². The minimum Gasteiger partial charge on any atom is -0.456 e. The molecule has 4 rings (SSSR count). The molecule has 0 saturated carbocycles. The van der Waals surface area contributed by atoms with Gasteiger partial charge in [0.15, 0.2) is 0 Å². The fourth-order valence-electron chi connectivity index (χ4n) is 2.37. The minimum absolute atomic E-state index is 0.879. The third kappa shape index (κ3) is 1.61. The van der Waals surface area contributed by atoms with Crippen LogP contribution in [-0.2, 0) is 0 Å². The maximum atomic E-state index is 5.80. The Bertz CT molecular complexity index is 862. The van der Waals surface area contributed by atoms with Gasteiger partial charge in [-0.25, -0.2) is 0 Å². The number of furan rings is 1. The molecule has 0 atom stereocenters. The highest BCUT2D eigenvalue weighted by Crippen LogP contribution is 2.31. The third-order valence-electron chi connectivity index (χ3n) is 3.30. The van der Waals surface area contributed by atoms with Crippen molar-refractivity contribution in [2.75, 3.05) is 0 Å². The summed E-state index contributed by atoms with van der Waals surface area (Å²) in [6.45, 7) is 0. The second-order valence-electron chi connectivity index (χ2n) is 4.46. The molecule has 2 aromatic heterocycles. The molecule has 89 valence electrons. The molecule has 1 radical (unpaired) electrons. The van der Waals surface area contributed by atoms with Gasteiger partial charge in [-0.2, -0.15) is 0 Å². The molecule has 2 nitrogen and oxygen atoms in total. The standard InChI is InChI=1S/C17H10NO/c1-2-4-16-14(3-1)15-11-13(5-6-17(15)19-16)12-7-9-18-10-8-12/h1-2,4-11H. The highest BCUT2D eigenvalue weighted by Gasteiger charge is 2.07. The SMILES string of the molecule is [c]1cccc2oc3ccc(-c4ccncc4)cc3c12. The lowest BCUT2D eigenvalue weighted by Gasteiger charge is -2.00. The Morgan fingerprint density at radius 2 is 1.79 bits per heavy atom. The summed E-state index contributed by atoms with van der Waals surface area (Å²) in [6, 6.07) is 19.3. The Labute approximate surface area is 110 Å². The maximum Gasteiger partial charge on any atom is 0.136 e. The molecule has 0 aliphatic heterocycles. The van der Waals surface area contributed by atoms with E-state index in [1.807, 2.05) is 36.4 Å². The van der Waals surface area contributed by atoms with E-state index in [-0.39, 0.29) is 0 Å². The van der Waals surface area contributed by atoms with Gasteiger partial charge < -0.3 is 4.42 Å². The molecule has 2 aromatic carbocycles. The Morgan fingerprint density at radius 3 is 2.68 bits per heavy atom. The molecule has 0 bridgehead atoms. The van der Waals surface area contributed by atoms with Crippen molar-refractivity contribution < 1.29 is 4.42 Å². The van der Waals surface area contributed by atoms with Crippen molar-refractivity contribution in [3.8, 4) is 11.1 Å². The molecule has 2 heteroatoms. The number of pyridine rings is 1. The topological polar surface area (TPSA) is 26.0 Å². The van der Waals surface area contributed by atoms with Crippen LogP contribution in [0.1, 0.15) is 0 Å². The second kappa shape index (κ2) is 3.95. The largest absolute Gasteiger partial charge is 0.456 e. The van der Waals surface area contributed by atoms with E-state index in [1.54, 1.807) is 12.4 Å². The number of hydrogen-bond donors (Lipinski definition) is 0. The molecule has 0 aliphatic carbocycles. The van der Waals surface area contributed by atoms with E-state index < -0.39 is 0 Å². The fraction of sp³-hybridized carbons (Fsp3) is 0. The first-order chi connectivity index (χ1) is 9.42. The fourth-order valence-corrected chi connectivity index (χ4v) is 2.37. The summed E-state index contributed by atoms with van der Waals surface area (Å²) in [6.07, 6.45) is 3.61. The van der Waals surface area contributed by atoms with Gasteiger partial charge in [0.1, 0.15) is 11.2 Å². The zero-order valence-corrected chi connectivity index (χ0v) is 10.1. The first kappa shape index (κ1) is 10.3. The van der Waals surface area contributed by atoms with E-state index >= 15 is 0 Å². The van der Waals surface area contributed by atoms with Gasteiger partial charge in [-0.15, -0.1) is 0 Å². The monoisotopic (exact) mass is 244 g/mol. The van der Waals surface area contributed by atoms with Crippen molar-refractivity contribution in [1.29, 1.82) is 0 Å². The molecular formula is C17H10NO. The Kier molecular flexibility index (Phi) is 2.15. The summed E-state index contributed by atoms with van der Waals surface area (Å²) in [5.41, 5.74) is 4.09. The zero-order chi connectivity index (χ0) is 12.7. The van der Waals surface area contributed by atoms with Gasteiger partial charge in [-0.05, 0) is 47.5 Å². The molecular weight excluding hydrogens is 234 g/mol. The number of benzene rings is 2. The number of hydrogen-bond acceptors (Lipinski definition) is 2. The van der Waals surface area contributed by atoms with Gasteiger partial charge in [0, 0.05) is 23.2 Å². The summed E-state index contributed by atoms with van der Waals surface area (Å²) < 4.78 is 5.80. The lowest BCUT2D eigenvalue weighted by atomic mass is 10.0. The quantitative estimate of drug-likeness (QED) is 0.494. The van der Waals surface area contributed by atoms with Crippen LogP contribution >= 0.6 is 0 Å². The predicted molar refractivity (Wildman–Crippen MR) is 75.8 cm³/mol. The van der Waals surface area contributed by atoms with Crippen LogP contribution < -0.4 is 0 Å². The van der Waals surface area contributed by atoms with E-state index in [2.05, 4.69) is 23.2 Å². The Balaban J connectivity index is 2.03. The lowest BCUT2D eigenvalue weighted by molar-refractivity contribution is 0.669. The first-order valence-electron chi connectivity index (χ1n) is 6.15. The minimum atomic E-state index is 0.879. The summed E-state index contributed by atoms with van der Waals surface area (Å²) in [5, 5.41) is 2.14. The Morgan fingerprint density at radius 1 is 0.895 bits per heavy atom. The molecule has 0 amide bonds. The van der Waals surface area contributed by atoms with Crippen molar-refractivity contribution in [1.82, 2.24) is 4.98 Å². The number of fused-ring (bicyclic) bond motifs is 3. The zero-order valence-electron chi connectivity index (χ0n) is 10.1. The summed E-state index contributed by atoms with van der Waals surface area (Å²) >= 11 is 0. The smallest absolute Gasteiger partial charge is 0.136 e. The predicted octanol–water partition coefficient (Wildman–Crippen LogP) is 4.45. The second-order valence-corrected chi connectivity index (χ2v) is 4.46. The van der Waals surface area contributed by atoms with Crippen LogP contribution in [0.25, 0.3) is 33.1 Å². The number of aromatic nitrogens is 1. The van der Waals surface area contributed by atoms with Crippen molar-refractivity contribution in [3.63, 3.8) is 0 Å². The summed E-state index contributed by atoms with van der Waals surface area (Å²) in [7, 11) is 0. The normalized spacial score (nSPS) is 11.2. The highest BCUT2D eigenvalue weighted by molar-refractivity contribution is 6.05. The van der Waals surface area contributed by atoms with Gasteiger partial charge >= 0.3 is 0 Å². The van der Waals surface area contributed by atoms with Gasteiger partial charge in [0.25, 0.3) is 0 Å². The molecule has 4 aromatic rings. The van der Waals surface area contributed by atoms with E-state index in [1.165, 1.54) is 0 Å². The van der Waals surface area contributed by atoms with Crippen LogP contribution in [0, 0.1) is 6.07 Å². The molecule has 0 spiro atoms. The van der Waals surface area contributed by atoms with Gasteiger partial charge in [0.05, 0.1) is 0 Å². The van der Waals surface area contributed by atoms with E-state index in [4.69, 9.17) is 4.42 Å². The molecule has 0 unspecified atom stereocenters. The summed E-state index contributed by atoms with van der Waals surface area (Å²) in [4.78, 5) is 4.05. The van der Waals surface area contributed by atoms with Crippen LogP contribution in [0.2, 0.25) is 0 Å². The molecule has 0 fully saturated rings. The van der Waals surface area contributed by atoms with E-state index in [9.17, 15) is 0 Å². The molecule has 2 heterocycles. The third-order valence-corrected chi connectivity index (χ3v) is 3.30. The average Bonchev–Trinajstić information content (AvgIpc) is 2.86. The van der Waals surface area contributed by atoms with Crippen molar-refractivity contribution >= 4 is 21.9 Å². The van der Waals surface area contributed by atoms with Crippen LogP contribution in [0.15, 0.2) is 65.3 Å². The first-order valence-corrected chi connectivity index (χ1v) is 6.15. The molecule has 0 aliphatic rings. The highest BCUT2D eigenvalue weighted by atomic mass is 16.3. The number of nitrogens with zero attached hydrogens (tertiary/aromatic N) is 1. The Hall–Kier alpha value is -2.61. The van der Waals surface area contributed by atoms with Crippen LogP contribution in [0.5, 0.6) is 0 Å². The van der Waals surface area contributed by atoms with E-state index in [0.717, 1.165) is 33.1 Å². The average molecular weight is 244 g/mol. The van der Waals surface area contributed by atoms with Gasteiger partial charge in [-0.1, -0.05) is 18.2 Å². The van der Waals surface area contributed by atoms with Crippen LogP contribution in [-0.4, -0.2) is 4.98 Å². The van der Waals surface area contributed by atoms with Crippen molar-refractivity contribution in [3.05, 3.63) is 67.0 Å². The van der Waals surface area contributed by atoms with E-state index in [0.29, 0.717) is 0 Å². The number of rotatable bonds is 1. The van der Waals surface area contributed by atoms with Crippen LogP contribution in [0.3, 0.4) is 0 Å².